The molecule has 3 rings (SSSR count). The van der Waals surface area contributed by atoms with Gasteiger partial charge in [-0.3, -0.25) is 9.59 Å². The minimum Gasteiger partial charge on any atom is -0.325 e. The number of rotatable bonds is 2. The van der Waals surface area contributed by atoms with E-state index in [1.165, 1.54) is 12.1 Å². The van der Waals surface area contributed by atoms with Gasteiger partial charge in [0.25, 0.3) is 15.9 Å². The fraction of sp³-hybridized carbons (Fsp3) is 0.125. The predicted octanol–water partition coefficient (Wildman–Crippen LogP) is 2.22. The zero-order valence-electron chi connectivity index (χ0n) is 12.6. The van der Waals surface area contributed by atoms with Gasteiger partial charge in [0, 0.05) is 17.8 Å². The Morgan fingerprint density at radius 2 is 1.75 bits per heavy atom. The van der Waals surface area contributed by atoms with Gasteiger partial charge in [0.1, 0.15) is 5.92 Å². The lowest BCUT2D eigenvalue weighted by Gasteiger charge is -2.30. The highest BCUT2D eigenvalue weighted by molar-refractivity contribution is 7.89. The number of likely N-dealkylation sites (N-methyl/N-ethyl adjacent to an activating group) is 1. The first kappa shape index (κ1) is 16.5. The number of benzene rings is 2. The second kappa shape index (κ2) is 5.92. The maximum Gasteiger partial charge on any atom is 0.266 e. The first-order valence-electron chi connectivity index (χ1n) is 7.00. The van der Waals surface area contributed by atoms with E-state index in [0.29, 0.717) is 15.0 Å². The molecule has 0 fully saturated rings. The second-order valence-corrected chi connectivity index (χ2v) is 7.65. The van der Waals surface area contributed by atoms with Gasteiger partial charge in [-0.1, -0.05) is 29.8 Å². The second-order valence-electron chi connectivity index (χ2n) is 5.28. The number of sulfonamides is 1. The third-order valence-electron chi connectivity index (χ3n) is 3.80. The molecule has 8 heteroatoms. The zero-order valence-corrected chi connectivity index (χ0v) is 14.1. The Morgan fingerprint density at radius 1 is 1.12 bits per heavy atom. The van der Waals surface area contributed by atoms with Crippen molar-refractivity contribution in [1.82, 2.24) is 4.31 Å². The zero-order chi connectivity index (χ0) is 17.5. The monoisotopic (exact) mass is 364 g/mol. The van der Waals surface area contributed by atoms with Crippen molar-refractivity contribution in [3.8, 4) is 0 Å². The Balaban J connectivity index is 2.02. The number of hydrogen-bond donors (Lipinski definition) is 1. The highest BCUT2D eigenvalue weighted by Crippen LogP contribution is 2.34. The number of nitrogens with one attached hydrogen (secondary N) is 1. The highest BCUT2D eigenvalue weighted by Gasteiger charge is 2.44. The number of halogens is 1. The SMILES string of the molecule is CN1C(=O)C(C(=O)Nc2ccc(Cl)cc2)c2ccccc2S1(=O)=O. The summed E-state index contributed by atoms with van der Waals surface area (Å²) in [7, 11) is -2.78. The van der Waals surface area contributed by atoms with Gasteiger partial charge in [-0.2, -0.15) is 0 Å². The van der Waals surface area contributed by atoms with Crippen molar-refractivity contribution in [2.45, 2.75) is 10.8 Å². The predicted molar refractivity (Wildman–Crippen MR) is 89.2 cm³/mol. The van der Waals surface area contributed by atoms with Crippen LogP contribution in [0.3, 0.4) is 0 Å². The van der Waals surface area contributed by atoms with Crippen LogP contribution < -0.4 is 5.32 Å². The van der Waals surface area contributed by atoms with Gasteiger partial charge in [-0.05, 0) is 35.9 Å². The molecule has 0 aromatic heterocycles. The van der Waals surface area contributed by atoms with E-state index < -0.39 is 27.8 Å². The van der Waals surface area contributed by atoms with Crippen molar-refractivity contribution in [1.29, 1.82) is 0 Å². The maximum atomic E-state index is 12.6. The van der Waals surface area contributed by atoms with Crippen LogP contribution in [-0.4, -0.2) is 31.6 Å². The molecular weight excluding hydrogens is 352 g/mol. The van der Waals surface area contributed by atoms with Crippen LogP contribution in [0.15, 0.2) is 53.4 Å². The quantitative estimate of drug-likeness (QED) is 0.828. The Bertz CT molecular complexity index is 925. The topological polar surface area (TPSA) is 83.6 Å². The minimum absolute atomic E-state index is 0.0386. The van der Waals surface area contributed by atoms with E-state index in [-0.39, 0.29) is 10.5 Å². The van der Waals surface area contributed by atoms with Gasteiger partial charge >= 0.3 is 0 Å². The van der Waals surface area contributed by atoms with Crippen LogP contribution in [0.2, 0.25) is 5.02 Å². The standard InChI is InChI=1S/C16H13ClN2O4S/c1-19-16(21)14(12-4-2-3-5-13(12)24(19,22)23)15(20)18-11-8-6-10(17)7-9-11/h2-9,14H,1H3,(H,18,20). The lowest BCUT2D eigenvalue weighted by Crippen LogP contribution is -2.45. The first-order valence-corrected chi connectivity index (χ1v) is 8.82. The molecule has 0 spiro atoms. The lowest BCUT2D eigenvalue weighted by atomic mass is 9.96. The van der Waals surface area contributed by atoms with Crippen LogP contribution in [0.1, 0.15) is 11.5 Å². The summed E-state index contributed by atoms with van der Waals surface area (Å²) < 4.78 is 25.3. The molecule has 1 aliphatic heterocycles. The smallest absolute Gasteiger partial charge is 0.266 e. The molecular formula is C16H13ClN2O4S. The highest BCUT2D eigenvalue weighted by atomic mass is 35.5. The third-order valence-corrected chi connectivity index (χ3v) is 5.88. The summed E-state index contributed by atoms with van der Waals surface area (Å²) in [5, 5.41) is 3.13. The maximum absolute atomic E-state index is 12.6. The average molecular weight is 365 g/mol. The Labute approximate surface area is 144 Å². The van der Waals surface area contributed by atoms with E-state index >= 15 is 0 Å². The molecule has 1 atom stereocenters. The number of carbonyl (C=O) groups excluding carboxylic acids is 2. The first-order chi connectivity index (χ1) is 11.3. The summed E-state index contributed by atoms with van der Waals surface area (Å²) in [4.78, 5) is 25.0. The molecule has 0 bridgehead atoms. The van der Waals surface area contributed by atoms with Crippen LogP contribution >= 0.6 is 11.6 Å². The molecule has 1 heterocycles. The van der Waals surface area contributed by atoms with Crippen LogP contribution in [0.4, 0.5) is 5.69 Å². The normalized spacial score (nSPS) is 18.8. The molecule has 2 amide bonds. The van der Waals surface area contributed by atoms with E-state index in [4.69, 9.17) is 11.6 Å². The molecule has 6 nitrogen and oxygen atoms in total. The van der Waals surface area contributed by atoms with Crippen LogP contribution in [0.5, 0.6) is 0 Å². The molecule has 2 aromatic carbocycles. The van der Waals surface area contributed by atoms with Crippen molar-refractivity contribution in [3.63, 3.8) is 0 Å². The molecule has 1 unspecified atom stereocenters. The molecule has 1 aliphatic rings. The van der Waals surface area contributed by atoms with Crippen molar-refractivity contribution in [2.75, 3.05) is 12.4 Å². The number of fused-ring (bicyclic) bond motifs is 1. The van der Waals surface area contributed by atoms with Gasteiger partial charge in [0.05, 0.1) is 4.90 Å². The fourth-order valence-electron chi connectivity index (χ4n) is 2.54. The molecule has 1 N–H and O–H groups in total. The Hall–Kier alpha value is -2.38. The summed E-state index contributed by atoms with van der Waals surface area (Å²) in [5.74, 6) is -2.62. The molecule has 0 saturated heterocycles. The molecule has 0 radical (unpaired) electrons. The van der Waals surface area contributed by atoms with Crippen molar-refractivity contribution < 1.29 is 18.0 Å². The molecule has 0 aliphatic carbocycles. The van der Waals surface area contributed by atoms with Crippen LogP contribution in [-0.2, 0) is 19.6 Å². The van der Waals surface area contributed by atoms with E-state index in [1.807, 2.05) is 0 Å². The number of amides is 2. The number of carbonyl (C=O) groups is 2. The summed E-state index contributed by atoms with van der Waals surface area (Å²) in [5.41, 5.74) is 0.637. The molecule has 0 saturated carbocycles. The van der Waals surface area contributed by atoms with E-state index in [0.717, 1.165) is 7.05 Å². The van der Waals surface area contributed by atoms with E-state index in [1.54, 1.807) is 36.4 Å². The van der Waals surface area contributed by atoms with E-state index in [9.17, 15) is 18.0 Å². The lowest BCUT2D eigenvalue weighted by molar-refractivity contribution is -0.132. The number of hydrogen-bond acceptors (Lipinski definition) is 4. The van der Waals surface area contributed by atoms with Gasteiger partial charge in [0.2, 0.25) is 5.91 Å². The summed E-state index contributed by atoms with van der Waals surface area (Å²) in [6.45, 7) is 0. The molecule has 24 heavy (non-hydrogen) atoms. The van der Waals surface area contributed by atoms with Gasteiger partial charge in [-0.25, -0.2) is 12.7 Å². The average Bonchev–Trinajstić information content (AvgIpc) is 2.55. The van der Waals surface area contributed by atoms with Crippen LogP contribution in [0.25, 0.3) is 0 Å². The fourth-order valence-corrected chi connectivity index (χ4v) is 4.03. The van der Waals surface area contributed by atoms with Gasteiger partial charge in [0.15, 0.2) is 0 Å². The summed E-state index contributed by atoms with van der Waals surface area (Å²) >= 11 is 5.80. The third kappa shape index (κ3) is 2.65. The number of nitrogens with zero attached hydrogens (tertiary/aromatic N) is 1. The van der Waals surface area contributed by atoms with Gasteiger partial charge in [-0.15, -0.1) is 0 Å². The van der Waals surface area contributed by atoms with E-state index in [2.05, 4.69) is 5.32 Å². The largest absolute Gasteiger partial charge is 0.325 e. The Morgan fingerprint density at radius 3 is 2.42 bits per heavy atom. The van der Waals surface area contributed by atoms with Gasteiger partial charge < -0.3 is 5.32 Å². The van der Waals surface area contributed by atoms with Crippen molar-refractivity contribution >= 4 is 39.1 Å². The van der Waals surface area contributed by atoms with Crippen molar-refractivity contribution in [3.05, 3.63) is 59.1 Å². The summed E-state index contributed by atoms with van der Waals surface area (Å²) in [6.07, 6.45) is 0. The molecule has 124 valence electrons. The number of anilines is 1. The van der Waals surface area contributed by atoms with Crippen molar-refractivity contribution in [2.24, 2.45) is 0 Å². The minimum atomic E-state index is -3.93. The summed E-state index contributed by atoms with van der Waals surface area (Å²) in [6, 6.07) is 12.4. The molecule has 2 aromatic rings. The Kier molecular flexibility index (Phi) is 4.06. The van der Waals surface area contributed by atoms with Crippen LogP contribution in [0, 0.1) is 0 Å².